The second-order valence-corrected chi connectivity index (χ2v) is 3.34. The first-order valence-corrected chi connectivity index (χ1v) is 4.97. The zero-order chi connectivity index (χ0) is 10.7. The molecule has 0 aliphatic rings. The fourth-order valence-electron chi connectivity index (χ4n) is 1.17. The van der Waals surface area contributed by atoms with Crippen LogP contribution in [0.1, 0.15) is 12.6 Å². The Morgan fingerprint density at radius 1 is 1.27 bits per heavy atom. The van der Waals surface area contributed by atoms with Crippen LogP contribution in [-0.4, -0.2) is 19.9 Å². The number of halogens is 1. The Labute approximate surface area is 92.4 Å². The average Bonchev–Trinajstić information content (AvgIpc) is 2.29. The molecule has 0 N–H and O–H groups in total. The largest absolute Gasteiger partial charge is 0.261 e. The van der Waals surface area contributed by atoms with Crippen molar-refractivity contribution in [2.45, 2.75) is 13.3 Å². The molecule has 0 fully saturated rings. The van der Waals surface area contributed by atoms with Crippen molar-refractivity contribution in [3.8, 4) is 11.5 Å². The highest BCUT2D eigenvalue weighted by molar-refractivity contribution is 6.29. The molecule has 0 aromatic carbocycles. The molecule has 0 saturated carbocycles. The highest BCUT2D eigenvalue weighted by Crippen LogP contribution is 2.15. The van der Waals surface area contributed by atoms with E-state index in [1.54, 1.807) is 24.7 Å². The van der Waals surface area contributed by atoms with Crippen LogP contribution in [0.3, 0.4) is 0 Å². The van der Waals surface area contributed by atoms with Crippen LogP contribution >= 0.6 is 11.6 Å². The topological polar surface area (TPSA) is 51.6 Å². The SMILES string of the molecule is CCc1cc(Cl)nc(-c2cnccn2)n1. The zero-order valence-electron chi connectivity index (χ0n) is 8.18. The van der Waals surface area contributed by atoms with Gasteiger partial charge in [0.1, 0.15) is 10.8 Å². The summed E-state index contributed by atoms with van der Waals surface area (Å²) in [7, 11) is 0. The van der Waals surface area contributed by atoms with Crippen LogP contribution < -0.4 is 0 Å². The lowest BCUT2D eigenvalue weighted by atomic mass is 10.3. The van der Waals surface area contributed by atoms with Gasteiger partial charge in [0.2, 0.25) is 0 Å². The van der Waals surface area contributed by atoms with Crippen molar-refractivity contribution >= 4 is 11.6 Å². The van der Waals surface area contributed by atoms with Crippen LogP contribution in [0.25, 0.3) is 11.5 Å². The normalized spacial score (nSPS) is 10.3. The summed E-state index contributed by atoms with van der Waals surface area (Å²) in [6, 6.07) is 1.75. The number of nitrogens with zero attached hydrogens (tertiary/aromatic N) is 4. The minimum atomic E-state index is 0.433. The molecule has 0 saturated heterocycles. The van der Waals surface area contributed by atoms with E-state index in [0.717, 1.165) is 12.1 Å². The molecule has 0 aliphatic carbocycles. The van der Waals surface area contributed by atoms with Gasteiger partial charge in [0.25, 0.3) is 0 Å². The van der Waals surface area contributed by atoms with Gasteiger partial charge in [-0.3, -0.25) is 4.98 Å². The molecule has 2 heterocycles. The lowest BCUT2D eigenvalue weighted by Gasteiger charge is -2.01. The molecule has 76 valence electrons. The second kappa shape index (κ2) is 4.31. The highest BCUT2D eigenvalue weighted by atomic mass is 35.5. The van der Waals surface area contributed by atoms with Crippen LogP contribution in [-0.2, 0) is 6.42 Å². The van der Waals surface area contributed by atoms with E-state index < -0.39 is 0 Å². The summed E-state index contributed by atoms with van der Waals surface area (Å²) in [4.78, 5) is 16.5. The molecule has 0 amide bonds. The minimum absolute atomic E-state index is 0.433. The molecule has 5 heteroatoms. The Hall–Kier alpha value is -1.55. The summed E-state index contributed by atoms with van der Waals surface area (Å²) in [5, 5.41) is 0.433. The van der Waals surface area contributed by atoms with Crippen molar-refractivity contribution in [3.05, 3.63) is 35.5 Å². The number of aryl methyl sites for hydroxylation is 1. The Morgan fingerprint density at radius 3 is 2.80 bits per heavy atom. The zero-order valence-corrected chi connectivity index (χ0v) is 8.94. The van der Waals surface area contributed by atoms with Crippen molar-refractivity contribution in [3.63, 3.8) is 0 Å². The van der Waals surface area contributed by atoms with Crippen LogP contribution in [0, 0.1) is 0 Å². The lowest BCUT2D eigenvalue weighted by molar-refractivity contribution is 0.994. The van der Waals surface area contributed by atoms with Crippen LogP contribution in [0.5, 0.6) is 0 Å². The van der Waals surface area contributed by atoms with Crippen molar-refractivity contribution in [2.75, 3.05) is 0 Å². The summed E-state index contributed by atoms with van der Waals surface area (Å²) in [5.74, 6) is 0.521. The molecule has 4 nitrogen and oxygen atoms in total. The number of aromatic nitrogens is 4. The van der Waals surface area contributed by atoms with Crippen LogP contribution in [0.15, 0.2) is 24.7 Å². The van der Waals surface area contributed by atoms with Gasteiger partial charge in [-0.25, -0.2) is 15.0 Å². The smallest absolute Gasteiger partial charge is 0.181 e. The number of hydrogen-bond acceptors (Lipinski definition) is 4. The lowest BCUT2D eigenvalue weighted by Crippen LogP contribution is -1.96. The van der Waals surface area contributed by atoms with Crippen molar-refractivity contribution in [2.24, 2.45) is 0 Å². The quantitative estimate of drug-likeness (QED) is 0.728. The van der Waals surface area contributed by atoms with Gasteiger partial charge >= 0.3 is 0 Å². The third-order valence-electron chi connectivity index (χ3n) is 1.90. The molecular weight excluding hydrogens is 212 g/mol. The predicted octanol–water partition coefficient (Wildman–Crippen LogP) is 2.15. The number of hydrogen-bond donors (Lipinski definition) is 0. The maximum atomic E-state index is 5.88. The van der Waals surface area contributed by atoms with Crippen LogP contribution in [0.4, 0.5) is 0 Å². The van der Waals surface area contributed by atoms with E-state index in [0.29, 0.717) is 16.7 Å². The first-order chi connectivity index (χ1) is 7.29. The predicted molar refractivity (Wildman–Crippen MR) is 57.4 cm³/mol. The van der Waals surface area contributed by atoms with E-state index in [9.17, 15) is 0 Å². The summed E-state index contributed by atoms with van der Waals surface area (Å²) in [6.45, 7) is 2.01. The highest BCUT2D eigenvalue weighted by Gasteiger charge is 2.05. The van der Waals surface area contributed by atoms with E-state index in [2.05, 4.69) is 19.9 Å². The van der Waals surface area contributed by atoms with E-state index >= 15 is 0 Å². The first-order valence-electron chi connectivity index (χ1n) is 4.59. The van der Waals surface area contributed by atoms with Gasteiger partial charge in [-0.05, 0) is 12.5 Å². The molecule has 0 unspecified atom stereocenters. The third-order valence-corrected chi connectivity index (χ3v) is 2.10. The Bertz CT molecular complexity index is 458. The third kappa shape index (κ3) is 2.27. The molecular formula is C10H9ClN4. The van der Waals surface area contributed by atoms with E-state index in [-0.39, 0.29) is 0 Å². The summed E-state index contributed by atoms with van der Waals surface area (Å²) >= 11 is 5.88. The van der Waals surface area contributed by atoms with Gasteiger partial charge in [-0.1, -0.05) is 18.5 Å². The standard InChI is InChI=1S/C10H9ClN4/c1-2-7-5-9(11)15-10(14-7)8-6-12-3-4-13-8/h3-6H,2H2,1H3. The molecule has 0 atom stereocenters. The second-order valence-electron chi connectivity index (χ2n) is 2.95. The fourth-order valence-corrected chi connectivity index (χ4v) is 1.38. The Balaban J connectivity index is 2.49. The van der Waals surface area contributed by atoms with Crippen molar-refractivity contribution < 1.29 is 0 Å². The fraction of sp³-hybridized carbons (Fsp3) is 0.200. The molecule has 0 spiro atoms. The van der Waals surface area contributed by atoms with E-state index in [4.69, 9.17) is 11.6 Å². The monoisotopic (exact) mass is 220 g/mol. The molecule has 2 rings (SSSR count). The minimum Gasteiger partial charge on any atom is -0.261 e. The summed E-state index contributed by atoms with van der Waals surface area (Å²) < 4.78 is 0. The molecule has 0 bridgehead atoms. The van der Waals surface area contributed by atoms with Gasteiger partial charge in [-0.2, -0.15) is 0 Å². The Morgan fingerprint density at radius 2 is 2.13 bits per heavy atom. The molecule has 15 heavy (non-hydrogen) atoms. The Kier molecular flexibility index (Phi) is 2.87. The molecule has 0 aliphatic heterocycles. The van der Waals surface area contributed by atoms with Gasteiger partial charge in [0.05, 0.1) is 6.20 Å². The maximum absolute atomic E-state index is 5.88. The van der Waals surface area contributed by atoms with Gasteiger partial charge in [-0.15, -0.1) is 0 Å². The van der Waals surface area contributed by atoms with E-state index in [1.807, 2.05) is 6.92 Å². The van der Waals surface area contributed by atoms with E-state index in [1.165, 1.54) is 0 Å². The maximum Gasteiger partial charge on any atom is 0.181 e. The van der Waals surface area contributed by atoms with Gasteiger partial charge in [0.15, 0.2) is 5.82 Å². The van der Waals surface area contributed by atoms with Gasteiger partial charge < -0.3 is 0 Å². The molecule has 2 aromatic heterocycles. The van der Waals surface area contributed by atoms with Crippen LogP contribution in [0.2, 0.25) is 5.15 Å². The average molecular weight is 221 g/mol. The summed E-state index contributed by atoms with van der Waals surface area (Å²) in [6.07, 6.45) is 5.64. The van der Waals surface area contributed by atoms with Gasteiger partial charge in [0, 0.05) is 18.1 Å². The summed E-state index contributed by atoms with van der Waals surface area (Å²) in [5.41, 5.74) is 1.53. The van der Waals surface area contributed by atoms with Crippen molar-refractivity contribution in [1.82, 2.24) is 19.9 Å². The molecule has 0 radical (unpaired) electrons. The first kappa shape index (κ1) is 9.98. The molecule has 2 aromatic rings. The van der Waals surface area contributed by atoms with Crippen molar-refractivity contribution in [1.29, 1.82) is 0 Å². The number of rotatable bonds is 2.